The minimum atomic E-state index is -4.56. The first-order chi connectivity index (χ1) is 9.14. The number of carboxylic acid groups (broad SMARTS) is 1. The maximum Gasteiger partial charge on any atom is 0.435 e. The number of aliphatic carboxylic acids is 1. The van der Waals surface area contributed by atoms with E-state index in [0.29, 0.717) is 5.71 Å². The Hall–Kier alpha value is -2.19. The van der Waals surface area contributed by atoms with E-state index in [4.69, 9.17) is 5.11 Å². The van der Waals surface area contributed by atoms with Crippen LogP contribution < -0.4 is 5.01 Å². The van der Waals surface area contributed by atoms with Crippen LogP contribution in [-0.2, 0) is 11.0 Å². The Balaban J connectivity index is 2.25. The first-order valence-electron chi connectivity index (χ1n) is 5.62. The standard InChI is InChI=1S/C11H11F3N4O2/c1-6-10(2,9(19)20)5-18(17-6)8-4-3-7(15-16-8)11(12,13)14/h3-4H,5H2,1-2H3,(H,19,20). The predicted octanol–water partition coefficient (Wildman–Crippen LogP) is 1.78. The number of anilines is 1. The van der Waals surface area contributed by atoms with Crippen molar-refractivity contribution >= 4 is 17.5 Å². The number of nitrogens with zero attached hydrogens (tertiary/aromatic N) is 4. The molecule has 20 heavy (non-hydrogen) atoms. The summed E-state index contributed by atoms with van der Waals surface area (Å²) in [7, 11) is 0. The highest BCUT2D eigenvalue weighted by molar-refractivity contribution is 6.07. The van der Waals surface area contributed by atoms with Gasteiger partial charge in [-0.1, -0.05) is 0 Å². The maximum absolute atomic E-state index is 12.4. The lowest BCUT2D eigenvalue weighted by Crippen LogP contribution is -2.38. The third kappa shape index (κ3) is 2.30. The van der Waals surface area contributed by atoms with Crippen molar-refractivity contribution in [3.8, 4) is 0 Å². The van der Waals surface area contributed by atoms with Crippen LogP contribution in [-0.4, -0.2) is 33.5 Å². The van der Waals surface area contributed by atoms with Crippen LogP contribution in [0.2, 0.25) is 0 Å². The minimum Gasteiger partial charge on any atom is -0.480 e. The third-order valence-electron chi connectivity index (χ3n) is 3.21. The van der Waals surface area contributed by atoms with Crippen molar-refractivity contribution in [2.75, 3.05) is 11.6 Å². The highest BCUT2D eigenvalue weighted by atomic mass is 19.4. The van der Waals surface area contributed by atoms with E-state index in [1.165, 1.54) is 11.9 Å². The van der Waals surface area contributed by atoms with Gasteiger partial charge in [-0.05, 0) is 26.0 Å². The van der Waals surface area contributed by atoms with Crippen LogP contribution in [0.15, 0.2) is 17.2 Å². The van der Waals surface area contributed by atoms with E-state index >= 15 is 0 Å². The second-order valence-electron chi connectivity index (χ2n) is 4.65. The molecule has 0 aliphatic carbocycles. The van der Waals surface area contributed by atoms with E-state index in [2.05, 4.69) is 15.3 Å². The van der Waals surface area contributed by atoms with Crippen LogP contribution in [0.1, 0.15) is 19.5 Å². The SMILES string of the molecule is CC1=NN(c2ccc(C(F)(F)F)nn2)CC1(C)C(=O)O. The van der Waals surface area contributed by atoms with Crippen LogP contribution >= 0.6 is 0 Å². The molecule has 9 heteroatoms. The second kappa shape index (κ2) is 4.43. The quantitative estimate of drug-likeness (QED) is 0.897. The summed E-state index contributed by atoms with van der Waals surface area (Å²) in [6.45, 7) is 3.03. The number of hydrogen-bond acceptors (Lipinski definition) is 5. The van der Waals surface area contributed by atoms with Crippen LogP contribution in [0.5, 0.6) is 0 Å². The average Bonchev–Trinajstić information content (AvgIpc) is 2.66. The molecule has 1 aliphatic heterocycles. The molecule has 0 amide bonds. The molecule has 6 nitrogen and oxygen atoms in total. The molecule has 1 aromatic heterocycles. The molecular weight excluding hydrogens is 277 g/mol. The Labute approximate surface area is 111 Å². The van der Waals surface area contributed by atoms with Gasteiger partial charge in [0, 0.05) is 0 Å². The number of aromatic nitrogens is 2. The normalized spacial score (nSPS) is 22.9. The van der Waals surface area contributed by atoms with Crippen LogP contribution in [0, 0.1) is 5.41 Å². The molecular formula is C11H11F3N4O2. The summed E-state index contributed by atoms with van der Waals surface area (Å²) in [6.07, 6.45) is -4.56. The topological polar surface area (TPSA) is 78.7 Å². The molecule has 0 saturated carbocycles. The van der Waals surface area contributed by atoms with Gasteiger partial charge in [0.05, 0.1) is 12.3 Å². The van der Waals surface area contributed by atoms with E-state index in [1.54, 1.807) is 6.92 Å². The van der Waals surface area contributed by atoms with E-state index < -0.39 is 23.3 Å². The summed E-state index contributed by atoms with van der Waals surface area (Å²) in [5.41, 5.74) is -1.95. The summed E-state index contributed by atoms with van der Waals surface area (Å²) in [5, 5.41) is 20.9. The van der Waals surface area contributed by atoms with Crippen LogP contribution in [0.3, 0.4) is 0 Å². The molecule has 0 aromatic carbocycles. The fourth-order valence-electron chi connectivity index (χ4n) is 1.71. The summed E-state index contributed by atoms with van der Waals surface area (Å²) < 4.78 is 37.1. The molecule has 1 N–H and O–H groups in total. The van der Waals surface area contributed by atoms with Crippen molar-refractivity contribution in [2.45, 2.75) is 20.0 Å². The molecule has 0 saturated heterocycles. The highest BCUT2D eigenvalue weighted by Crippen LogP contribution is 2.31. The predicted molar refractivity (Wildman–Crippen MR) is 63.2 cm³/mol. The fraction of sp³-hybridized carbons (Fsp3) is 0.455. The van der Waals surface area contributed by atoms with Gasteiger partial charge in [0.1, 0.15) is 5.41 Å². The molecule has 0 fully saturated rings. The lowest BCUT2D eigenvalue weighted by molar-refractivity contribution is -0.143. The van der Waals surface area contributed by atoms with Gasteiger partial charge in [-0.15, -0.1) is 10.2 Å². The first-order valence-corrected chi connectivity index (χ1v) is 5.62. The lowest BCUT2D eigenvalue weighted by atomic mass is 9.87. The van der Waals surface area contributed by atoms with Crippen molar-refractivity contribution in [1.82, 2.24) is 10.2 Å². The van der Waals surface area contributed by atoms with Gasteiger partial charge >= 0.3 is 12.1 Å². The van der Waals surface area contributed by atoms with Crippen LogP contribution in [0.4, 0.5) is 19.0 Å². The maximum atomic E-state index is 12.4. The highest BCUT2D eigenvalue weighted by Gasteiger charge is 2.44. The number of rotatable bonds is 2. The Morgan fingerprint density at radius 2 is 2.05 bits per heavy atom. The zero-order valence-electron chi connectivity index (χ0n) is 10.6. The van der Waals surface area contributed by atoms with Crippen molar-refractivity contribution in [1.29, 1.82) is 0 Å². The zero-order chi connectivity index (χ0) is 15.1. The van der Waals surface area contributed by atoms with Crippen molar-refractivity contribution in [2.24, 2.45) is 10.5 Å². The van der Waals surface area contributed by atoms with E-state index in [1.807, 2.05) is 0 Å². The van der Waals surface area contributed by atoms with Crippen LogP contribution in [0.25, 0.3) is 0 Å². The fourth-order valence-corrected chi connectivity index (χ4v) is 1.71. The molecule has 0 spiro atoms. The van der Waals surface area contributed by atoms with Gasteiger partial charge in [-0.3, -0.25) is 4.79 Å². The summed E-state index contributed by atoms with van der Waals surface area (Å²) in [6, 6.07) is 1.89. The van der Waals surface area contributed by atoms with Gasteiger partial charge < -0.3 is 5.11 Å². The lowest BCUT2D eigenvalue weighted by Gasteiger charge is -2.19. The number of halogens is 3. The summed E-state index contributed by atoms with van der Waals surface area (Å²) >= 11 is 0. The van der Waals surface area contributed by atoms with Gasteiger partial charge in [-0.2, -0.15) is 18.3 Å². The van der Waals surface area contributed by atoms with Crippen molar-refractivity contribution < 1.29 is 23.1 Å². The monoisotopic (exact) mass is 288 g/mol. The average molecular weight is 288 g/mol. The Morgan fingerprint density at radius 1 is 1.40 bits per heavy atom. The second-order valence-corrected chi connectivity index (χ2v) is 4.65. The smallest absolute Gasteiger partial charge is 0.435 e. The van der Waals surface area contributed by atoms with E-state index in [0.717, 1.165) is 12.1 Å². The number of carbonyl (C=O) groups is 1. The van der Waals surface area contributed by atoms with E-state index in [9.17, 15) is 18.0 Å². The number of hydrogen-bond donors (Lipinski definition) is 1. The molecule has 108 valence electrons. The van der Waals surface area contributed by atoms with Gasteiger partial charge in [0.25, 0.3) is 0 Å². The van der Waals surface area contributed by atoms with Crippen molar-refractivity contribution in [3.63, 3.8) is 0 Å². The van der Waals surface area contributed by atoms with Gasteiger partial charge in [-0.25, -0.2) is 5.01 Å². The van der Waals surface area contributed by atoms with Gasteiger partial charge in [0.2, 0.25) is 0 Å². The molecule has 2 rings (SSSR count). The Kier molecular flexibility index (Phi) is 3.15. The number of carboxylic acids is 1. The molecule has 1 aromatic rings. The molecule has 2 heterocycles. The Bertz CT molecular complexity index is 570. The number of hydrazone groups is 1. The van der Waals surface area contributed by atoms with Crippen molar-refractivity contribution in [3.05, 3.63) is 17.8 Å². The largest absolute Gasteiger partial charge is 0.480 e. The van der Waals surface area contributed by atoms with Gasteiger partial charge in [0.15, 0.2) is 11.5 Å². The number of alkyl halides is 3. The molecule has 1 aliphatic rings. The Morgan fingerprint density at radius 3 is 2.45 bits per heavy atom. The molecule has 1 unspecified atom stereocenters. The molecule has 0 radical (unpaired) electrons. The summed E-state index contributed by atoms with van der Waals surface area (Å²) in [5.74, 6) is -0.983. The third-order valence-corrected chi connectivity index (χ3v) is 3.21. The van der Waals surface area contributed by atoms with E-state index in [-0.39, 0.29) is 12.4 Å². The summed E-state index contributed by atoms with van der Waals surface area (Å²) in [4.78, 5) is 11.2. The zero-order valence-corrected chi connectivity index (χ0v) is 10.6. The first kappa shape index (κ1) is 14.2. The molecule has 0 bridgehead atoms. The molecule has 1 atom stereocenters. The minimum absolute atomic E-state index is 0.00574.